The van der Waals surface area contributed by atoms with Crippen molar-refractivity contribution in [1.29, 1.82) is 0 Å². The summed E-state index contributed by atoms with van der Waals surface area (Å²) in [5.74, 6) is 0. The lowest BCUT2D eigenvalue weighted by atomic mass is 10.0. The number of rotatable bonds is 6. The molecule has 2 aliphatic rings. The van der Waals surface area contributed by atoms with Gasteiger partial charge in [-0.15, -0.1) is 0 Å². The predicted octanol–water partition coefficient (Wildman–Crippen LogP) is 4.70. The normalized spacial score (nSPS) is 20.8. The summed E-state index contributed by atoms with van der Waals surface area (Å²) in [7, 11) is 0. The first-order chi connectivity index (χ1) is 17.3. The minimum atomic E-state index is 0.788. The molecule has 2 bridgehead atoms. The van der Waals surface area contributed by atoms with Crippen molar-refractivity contribution in [2.75, 3.05) is 32.7 Å². The molecule has 2 aromatic rings. The molecule has 1 aromatic carbocycles. The molecule has 3 N–H and O–H groups in total. The number of allylic oxidation sites excluding steroid dienone is 3. The molecular formula is C30H41N5. The van der Waals surface area contributed by atoms with Gasteiger partial charge in [-0.05, 0) is 66.6 Å². The highest BCUT2D eigenvalue weighted by molar-refractivity contribution is 5.29. The van der Waals surface area contributed by atoms with Crippen molar-refractivity contribution in [3.8, 4) is 0 Å². The molecule has 5 nitrogen and oxygen atoms in total. The first-order valence-electron chi connectivity index (χ1n) is 13.2. The fourth-order valence-corrected chi connectivity index (χ4v) is 4.65. The molecule has 0 saturated heterocycles. The fraction of sp³-hybridized carbons (Fsp3) is 0.433. The van der Waals surface area contributed by atoms with E-state index in [1.807, 2.05) is 18.3 Å². The van der Waals surface area contributed by atoms with Crippen molar-refractivity contribution in [1.82, 2.24) is 25.8 Å². The first kappa shape index (κ1) is 25.4. The molecule has 0 amide bonds. The second-order valence-corrected chi connectivity index (χ2v) is 9.62. The number of nitrogens with one attached hydrogen (secondary N) is 3. The van der Waals surface area contributed by atoms with Gasteiger partial charge in [0.1, 0.15) is 0 Å². The van der Waals surface area contributed by atoms with Crippen molar-refractivity contribution in [2.24, 2.45) is 0 Å². The molecule has 186 valence electrons. The van der Waals surface area contributed by atoms with E-state index in [4.69, 9.17) is 0 Å². The smallest absolute Gasteiger partial charge is 0.0541 e. The van der Waals surface area contributed by atoms with Gasteiger partial charge in [0.2, 0.25) is 0 Å². The number of benzene rings is 1. The van der Waals surface area contributed by atoms with E-state index in [-0.39, 0.29) is 0 Å². The lowest BCUT2D eigenvalue weighted by molar-refractivity contribution is 0.292. The molecule has 0 fully saturated rings. The highest BCUT2D eigenvalue weighted by Gasteiger charge is 2.10. The molecule has 0 spiro atoms. The molecule has 2 aliphatic heterocycles. The average Bonchev–Trinajstić information content (AvgIpc) is 2.89. The molecule has 1 aromatic heterocycles. The van der Waals surface area contributed by atoms with Gasteiger partial charge in [-0.1, -0.05) is 55.0 Å². The van der Waals surface area contributed by atoms with Crippen LogP contribution < -0.4 is 16.0 Å². The Labute approximate surface area is 211 Å². The van der Waals surface area contributed by atoms with E-state index in [2.05, 4.69) is 80.6 Å². The summed E-state index contributed by atoms with van der Waals surface area (Å²) < 4.78 is 0. The second-order valence-electron chi connectivity index (χ2n) is 9.62. The Balaban J connectivity index is 1.35. The van der Waals surface area contributed by atoms with Crippen LogP contribution in [0.5, 0.6) is 0 Å². The molecule has 4 rings (SSSR count). The lowest BCUT2D eigenvalue weighted by Crippen LogP contribution is -2.33. The zero-order chi connectivity index (χ0) is 24.0. The summed E-state index contributed by atoms with van der Waals surface area (Å²) in [5.41, 5.74) is 6.66. The third-order valence-corrected chi connectivity index (χ3v) is 6.61. The van der Waals surface area contributed by atoms with Gasteiger partial charge < -0.3 is 16.0 Å². The van der Waals surface area contributed by atoms with Crippen LogP contribution in [0.15, 0.2) is 84.2 Å². The zero-order valence-electron chi connectivity index (χ0n) is 21.0. The number of pyridine rings is 1. The third-order valence-electron chi connectivity index (χ3n) is 6.61. The maximum absolute atomic E-state index is 4.40. The fourth-order valence-electron chi connectivity index (χ4n) is 4.65. The van der Waals surface area contributed by atoms with E-state index in [9.17, 15) is 0 Å². The zero-order valence-corrected chi connectivity index (χ0v) is 21.0. The largest absolute Gasteiger partial charge is 0.387 e. The van der Waals surface area contributed by atoms with Crippen LogP contribution in [0, 0.1) is 0 Å². The van der Waals surface area contributed by atoms with Crippen LogP contribution in [0.25, 0.3) is 0 Å². The maximum atomic E-state index is 4.40. The maximum Gasteiger partial charge on any atom is 0.0541 e. The van der Waals surface area contributed by atoms with Crippen molar-refractivity contribution in [3.05, 3.63) is 101 Å². The molecule has 35 heavy (non-hydrogen) atoms. The summed E-state index contributed by atoms with van der Waals surface area (Å²) in [6, 6.07) is 15.1. The van der Waals surface area contributed by atoms with E-state index in [1.165, 1.54) is 48.0 Å². The van der Waals surface area contributed by atoms with Crippen molar-refractivity contribution >= 4 is 0 Å². The van der Waals surface area contributed by atoms with E-state index < -0.39 is 0 Å². The monoisotopic (exact) mass is 471 g/mol. The Kier molecular flexibility index (Phi) is 10.6. The van der Waals surface area contributed by atoms with Crippen LogP contribution in [0.1, 0.15) is 48.9 Å². The van der Waals surface area contributed by atoms with E-state index in [0.717, 1.165) is 64.5 Å². The van der Waals surface area contributed by atoms with Crippen LogP contribution in [0.3, 0.4) is 0 Å². The highest BCUT2D eigenvalue weighted by atomic mass is 15.1. The van der Waals surface area contributed by atoms with Crippen molar-refractivity contribution in [3.63, 3.8) is 0 Å². The van der Waals surface area contributed by atoms with Gasteiger partial charge in [0.15, 0.2) is 0 Å². The Morgan fingerprint density at radius 2 is 1.94 bits per heavy atom. The molecule has 0 radical (unpaired) electrons. The van der Waals surface area contributed by atoms with Crippen LogP contribution in [0.4, 0.5) is 0 Å². The van der Waals surface area contributed by atoms with E-state index in [1.54, 1.807) is 0 Å². The first-order valence-corrected chi connectivity index (χ1v) is 13.2. The molecule has 3 heterocycles. The van der Waals surface area contributed by atoms with Gasteiger partial charge >= 0.3 is 0 Å². The van der Waals surface area contributed by atoms with Gasteiger partial charge in [-0.25, -0.2) is 0 Å². The highest BCUT2D eigenvalue weighted by Crippen LogP contribution is 2.17. The molecule has 0 unspecified atom stereocenters. The quantitative estimate of drug-likeness (QED) is 0.534. The number of nitrogens with zero attached hydrogens (tertiary/aromatic N) is 2. The summed E-state index contributed by atoms with van der Waals surface area (Å²) in [6.45, 7) is 7.76. The van der Waals surface area contributed by atoms with Crippen LogP contribution in [-0.2, 0) is 19.6 Å². The summed E-state index contributed by atoms with van der Waals surface area (Å²) in [6.07, 6.45) is 17.2. The van der Waals surface area contributed by atoms with Gasteiger partial charge in [-0.2, -0.15) is 0 Å². The van der Waals surface area contributed by atoms with Crippen molar-refractivity contribution < 1.29 is 0 Å². The van der Waals surface area contributed by atoms with E-state index >= 15 is 0 Å². The Morgan fingerprint density at radius 3 is 2.89 bits per heavy atom. The second kappa shape index (κ2) is 14.6. The Morgan fingerprint density at radius 1 is 0.971 bits per heavy atom. The van der Waals surface area contributed by atoms with E-state index in [0.29, 0.717) is 0 Å². The van der Waals surface area contributed by atoms with Gasteiger partial charge in [0, 0.05) is 58.2 Å². The summed E-state index contributed by atoms with van der Waals surface area (Å²) in [5, 5.41) is 10.7. The SMILES string of the molecule is C1=C2/C=C\CCCCCNCCN(Cc3cccc(CNCc4ccccn4)c3)C/C=C(\CN1)C2. The van der Waals surface area contributed by atoms with Crippen LogP contribution >= 0.6 is 0 Å². The number of aromatic nitrogens is 1. The summed E-state index contributed by atoms with van der Waals surface area (Å²) in [4.78, 5) is 6.97. The van der Waals surface area contributed by atoms with Crippen molar-refractivity contribution in [2.45, 2.75) is 51.7 Å². The Hall–Kier alpha value is -2.73. The average molecular weight is 472 g/mol. The minimum Gasteiger partial charge on any atom is -0.387 e. The number of hydrogen-bond acceptors (Lipinski definition) is 5. The third kappa shape index (κ3) is 9.44. The van der Waals surface area contributed by atoms with Gasteiger partial charge in [0.05, 0.1) is 5.69 Å². The Bertz CT molecular complexity index is 979. The van der Waals surface area contributed by atoms with Gasteiger partial charge in [0.25, 0.3) is 0 Å². The standard InChI is InChI=1S/C30H41N5/c1-2-4-9-26-19-28(23-32-21-26)13-17-35(18-16-31-14-6-3-1)25-29-11-8-10-27(20-29)22-33-24-30-12-5-7-15-34-30/h4-5,7-13,15,20-21,31-33H,1-3,6,14,16-19,22-25H2/b9-4-,28-13-. The van der Waals surface area contributed by atoms with Crippen LogP contribution in [0.2, 0.25) is 0 Å². The molecule has 0 saturated carbocycles. The molecular weight excluding hydrogens is 430 g/mol. The molecule has 0 atom stereocenters. The lowest BCUT2D eigenvalue weighted by Gasteiger charge is -2.23. The minimum absolute atomic E-state index is 0.788. The predicted molar refractivity (Wildman–Crippen MR) is 146 cm³/mol. The van der Waals surface area contributed by atoms with Crippen LogP contribution in [-0.4, -0.2) is 42.6 Å². The summed E-state index contributed by atoms with van der Waals surface area (Å²) >= 11 is 0. The van der Waals surface area contributed by atoms with Gasteiger partial charge in [-0.3, -0.25) is 9.88 Å². The topological polar surface area (TPSA) is 52.2 Å². The number of fused-ring (bicyclic) bond motifs is 2. The number of hydrogen-bond donors (Lipinski definition) is 3. The molecule has 5 heteroatoms. The molecule has 0 aliphatic carbocycles.